The molecular formula is C18H26BN3O4. The largest absolute Gasteiger partial charge is 0.495 e. The fourth-order valence-corrected chi connectivity index (χ4v) is 2.74. The van der Waals surface area contributed by atoms with Crippen molar-refractivity contribution in [3.05, 3.63) is 18.3 Å². The van der Waals surface area contributed by atoms with Crippen molar-refractivity contribution in [3.63, 3.8) is 0 Å². The Morgan fingerprint density at radius 1 is 1.19 bits per heavy atom. The van der Waals surface area contributed by atoms with Gasteiger partial charge in [0.25, 0.3) is 0 Å². The zero-order valence-electron chi connectivity index (χ0n) is 16.4. The molecule has 0 spiro atoms. The zero-order valence-corrected chi connectivity index (χ0v) is 16.4. The highest BCUT2D eigenvalue weighted by Crippen LogP contribution is 2.37. The zero-order chi connectivity index (χ0) is 19.3. The van der Waals surface area contributed by atoms with Crippen LogP contribution in [-0.2, 0) is 14.0 Å². The van der Waals surface area contributed by atoms with Crippen LogP contribution < -0.4 is 10.8 Å². The number of aromatic amines is 1. The van der Waals surface area contributed by atoms with Crippen LogP contribution in [0.1, 0.15) is 48.5 Å². The Kier molecular flexibility index (Phi) is 4.32. The average Bonchev–Trinajstić information content (AvgIpc) is 2.98. The maximum absolute atomic E-state index is 12.1. The Balaban J connectivity index is 1.94. The predicted octanol–water partition coefficient (Wildman–Crippen LogP) is 3.21. The van der Waals surface area contributed by atoms with Crippen molar-refractivity contribution in [2.45, 2.75) is 65.3 Å². The van der Waals surface area contributed by atoms with Gasteiger partial charge in [-0.05, 0) is 66.1 Å². The molecule has 1 aliphatic rings. The molecule has 0 saturated carbocycles. The second-order valence-corrected chi connectivity index (χ2v) is 8.61. The highest BCUT2D eigenvalue weighted by atomic mass is 16.7. The lowest BCUT2D eigenvalue weighted by atomic mass is 9.77. The van der Waals surface area contributed by atoms with Crippen molar-refractivity contribution in [2.75, 3.05) is 5.32 Å². The molecular weight excluding hydrogens is 333 g/mol. The lowest BCUT2D eigenvalue weighted by molar-refractivity contribution is 0.00578. The number of hydrogen-bond acceptors (Lipinski definition) is 5. The van der Waals surface area contributed by atoms with Crippen LogP contribution >= 0.6 is 0 Å². The van der Waals surface area contributed by atoms with Crippen LogP contribution in [0.25, 0.3) is 10.9 Å². The molecule has 0 radical (unpaired) electrons. The molecule has 1 amide bonds. The normalized spacial score (nSPS) is 19.0. The molecule has 2 N–H and O–H groups in total. The molecule has 26 heavy (non-hydrogen) atoms. The molecule has 2 heterocycles. The highest BCUT2D eigenvalue weighted by molar-refractivity contribution is 6.65. The Bertz CT molecular complexity index is 823. The van der Waals surface area contributed by atoms with Crippen LogP contribution in [0.4, 0.5) is 10.5 Å². The number of nitrogens with zero attached hydrogens (tertiary/aromatic N) is 1. The summed E-state index contributed by atoms with van der Waals surface area (Å²) in [4.78, 5) is 12.1. The topological polar surface area (TPSA) is 85.5 Å². The van der Waals surface area contributed by atoms with Gasteiger partial charge in [0.05, 0.1) is 22.9 Å². The molecule has 0 bridgehead atoms. The van der Waals surface area contributed by atoms with E-state index in [1.807, 2.05) is 54.5 Å². The number of fused-ring (bicyclic) bond motifs is 1. The lowest BCUT2D eigenvalue weighted by Gasteiger charge is -2.32. The minimum absolute atomic E-state index is 0.456. The third-order valence-corrected chi connectivity index (χ3v) is 4.74. The molecule has 2 aromatic rings. The van der Waals surface area contributed by atoms with Gasteiger partial charge in [0.15, 0.2) is 0 Å². The molecule has 0 aliphatic carbocycles. The fourth-order valence-electron chi connectivity index (χ4n) is 2.74. The van der Waals surface area contributed by atoms with Crippen molar-refractivity contribution in [1.82, 2.24) is 10.2 Å². The number of rotatable bonds is 2. The maximum atomic E-state index is 12.1. The molecule has 1 aliphatic heterocycles. The van der Waals surface area contributed by atoms with Gasteiger partial charge in [-0.25, -0.2) is 4.79 Å². The number of anilines is 1. The van der Waals surface area contributed by atoms with E-state index in [-0.39, 0.29) is 0 Å². The summed E-state index contributed by atoms with van der Waals surface area (Å²) in [7, 11) is -0.555. The number of carbonyl (C=O) groups excluding carboxylic acids is 1. The minimum Gasteiger partial charge on any atom is -0.444 e. The predicted molar refractivity (Wildman–Crippen MR) is 102 cm³/mol. The summed E-state index contributed by atoms with van der Waals surface area (Å²) < 4.78 is 17.6. The molecule has 0 atom stereocenters. The minimum atomic E-state index is -0.573. The van der Waals surface area contributed by atoms with Crippen LogP contribution in [0.15, 0.2) is 18.3 Å². The van der Waals surface area contributed by atoms with Gasteiger partial charge in [-0.3, -0.25) is 10.4 Å². The van der Waals surface area contributed by atoms with Crippen LogP contribution in [0.5, 0.6) is 0 Å². The molecule has 1 aromatic heterocycles. The van der Waals surface area contributed by atoms with E-state index in [0.717, 1.165) is 16.4 Å². The summed E-state index contributed by atoms with van der Waals surface area (Å²) in [5.74, 6) is 0. The van der Waals surface area contributed by atoms with E-state index in [1.54, 1.807) is 12.3 Å². The van der Waals surface area contributed by atoms with E-state index in [9.17, 15) is 4.79 Å². The Hall–Kier alpha value is -2.06. The van der Waals surface area contributed by atoms with Crippen molar-refractivity contribution in [3.8, 4) is 0 Å². The first-order valence-electron chi connectivity index (χ1n) is 8.71. The molecule has 7 nitrogen and oxygen atoms in total. The Morgan fingerprint density at radius 2 is 1.81 bits per heavy atom. The number of benzene rings is 1. The number of nitrogens with one attached hydrogen (secondary N) is 2. The van der Waals surface area contributed by atoms with Crippen molar-refractivity contribution in [2.24, 2.45) is 0 Å². The van der Waals surface area contributed by atoms with Gasteiger partial charge >= 0.3 is 13.2 Å². The first-order chi connectivity index (χ1) is 11.9. The number of ether oxygens (including phenoxy) is 1. The molecule has 3 rings (SSSR count). The van der Waals surface area contributed by atoms with E-state index in [2.05, 4.69) is 15.5 Å². The second kappa shape index (κ2) is 5.99. The van der Waals surface area contributed by atoms with Gasteiger partial charge in [0.2, 0.25) is 0 Å². The van der Waals surface area contributed by atoms with E-state index in [1.165, 1.54) is 0 Å². The summed E-state index contributed by atoms with van der Waals surface area (Å²) >= 11 is 0. The Labute approximate surface area is 153 Å². The lowest BCUT2D eigenvalue weighted by Crippen LogP contribution is -2.41. The smallest absolute Gasteiger partial charge is 0.444 e. The Morgan fingerprint density at radius 3 is 2.38 bits per heavy atom. The third-order valence-electron chi connectivity index (χ3n) is 4.74. The first-order valence-corrected chi connectivity index (χ1v) is 8.71. The monoisotopic (exact) mass is 359 g/mol. The molecule has 1 saturated heterocycles. The van der Waals surface area contributed by atoms with Gasteiger partial charge in [-0.1, -0.05) is 0 Å². The molecule has 140 valence electrons. The molecule has 1 aromatic carbocycles. The summed E-state index contributed by atoms with van der Waals surface area (Å²) in [5, 5.41) is 10.7. The van der Waals surface area contributed by atoms with Gasteiger partial charge in [0, 0.05) is 11.1 Å². The summed E-state index contributed by atoms with van der Waals surface area (Å²) in [6.45, 7) is 13.5. The van der Waals surface area contributed by atoms with E-state index in [4.69, 9.17) is 14.0 Å². The van der Waals surface area contributed by atoms with Gasteiger partial charge < -0.3 is 14.0 Å². The number of amides is 1. The molecule has 8 heteroatoms. The third kappa shape index (κ3) is 3.57. The molecule has 0 unspecified atom stereocenters. The van der Waals surface area contributed by atoms with Gasteiger partial charge in [-0.2, -0.15) is 5.10 Å². The number of hydrogen-bond donors (Lipinski definition) is 2. The van der Waals surface area contributed by atoms with E-state index < -0.39 is 30.0 Å². The van der Waals surface area contributed by atoms with E-state index >= 15 is 0 Å². The SMILES string of the molecule is CC(C)(C)OC(=O)Nc1cc(B2OC(C)(C)C(C)(C)O2)c2cn[nH]c2c1. The van der Waals surface area contributed by atoms with Crippen LogP contribution in [0, 0.1) is 0 Å². The second-order valence-electron chi connectivity index (χ2n) is 8.61. The number of aromatic nitrogens is 2. The molecule has 1 fully saturated rings. The number of H-pyrrole nitrogens is 1. The average molecular weight is 359 g/mol. The van der Waals surface area contributed by atoms with Gasteiger partial charge in [0.1, 0.15) is 5.60 Å². The standard InChI is InChI=1S/C18H26BN3O4/c1-16(2,3)24-15(23)21-11-8-13(12-10-20-22-14(12)9-11)19-25-17(4,5)18(6,7)26-19/h8-10H,1-7H3,(H,20,22)(H,21,23). The van der Waals surface area contributed by atoms with E-state index in [0.29, 0.717) is 5.69 Å². The van der Waals surface area contributed by atoms with Crippen LogP contribution in [-0.4, -0.2) is 40.2 Å². The van der Waals surface area contributed by atoms with Crippen LogP contribution in [0.2, 0.25) is 0 Å². The number of carbonyl (C=O) groups is 1. The quantitative estimate of drug-likeness (QED) is 0.805. The fraction of sp³-hybridized carbons (Fsp3) is 0.556. The van der Waals surface area contributed by atoms with Crippen molar-refractivity contribution >= 4 is 35.3 Å². The summed E-state index contributed by atoms with van der Waals surface area (Å²) in [5.41, 5.74) is 0.686. The first kappa shape index (κ1) is 18.7. The summed E-state index contributed by atoms with van der Waals surface area (Å²) in [6.07, 6.45) is 1.21. The maximum Gasteiger partial charge on any atom is 0.495 e. The summed E-state index contributed by atoms with van der Waals surface area (Å²) in [6, 6.07) is 3.64. The van der Waals surface area contributed by atoms with Crippen molar-refractivity contribution in [1.29, 1.82) is 0 Å². The van der Waals surface area contributed by atoms with Crippen LogP contribution in [0.3, 0.4) is 0 Å². The van der Waals surface area contributed by atoms with Gasteiger partial charge in [-0.15, -0.1) is 0 Å². The highest BCUT2D eigenvalue weighted by Gasteiger charge is 2.52. The van der Waals surface area contributed by atoms with Crippen molar-refractivity contribution < 1.29 is 18.8 Å².